The van der Waals surface area contributed by atoms with Crippen LogP contribution in [0.25, 0.3) is 0 Å². The SMILES string of the molecule is CC(=O)O[C@H]1CC2CC1[C@H]1CCC[C@@H]21. The number of ether oxygens (including phenoxy) is 1. The molecule has 3 aliphatic carbocycles. The van der Waals surface area contributed by atoms with Crippen LogP contribution in [0.5, 0.6) is 0 Å². The molecule has 3 aliphatic rings. The molecule has 3 rings (SSSR count). The van der Waals surface area contributed by atoms with Gasteiger partial charge in [0.15, 0.2) is 0 Å². The Labute approximate surface area is 85.0 Å². The molecule has 78 valence electrons. The fourth-order valence-electron chi connectivity index (χ4n) is 4.35. The molecule has 0 aromatic heterocycles. The van der Waals surface area contributed by atoms with Crippen molar-refractivity contribution < 1.29 is 9.53 Å². The molecule has 0 amide bonds. The fraction of sp³-hybridized carbons (Fsp3) is 0.917. The highest BCUT2D eigenvalue weighted by Crippen LogP contribution is 2.59. The third-order valence-electron chi connectivity index (χ3n) is 4.69. The third kappa shape index (κ3) is 1.12. The largest absolute Gasteiger partial charge is 0.462 e. The van der Waals surface area contributed by atoms with Crippen molar-refractivity contribution in [1.29, 1.82) is 0 Å². The summed E-state index contributed by atoms with van der Waals surface area (Å²) in [6.07, 6.45) is 7.02. The second-order valence-electron chi connectivity index (χ2n) is 5.30. The van der Waals surface area contributed by atoms with Crippen molar-refractivity contribution in [2.75, 3.05) is 0 Å². The molecule has 0 radical (unpaired) electrons. The van der Waals surface area contributed by atoms with Crippen molar-refractivity contribution in [1.82, 2.24) is 0 Å². The Balaban J connectivity index is 1.73. The average molecular weight is 194 g/mol. The van der Waals surface area contributed by atoms with Crippen LogP contribution in [0.3, 0.4) is 0 Å². The molecule has 5 atom stereocenters. The quantitative estimate of drug-likeness (QED) is 0.599. The van der Waals surface area contributed by atoms with E-state index in [1.807, 2.05) is 0 Å². The summed E-state index contributed by atoms with van der Waals surface area (Å²) in [5.74, 6) is 3.41. The van der Waals surface area contributed by atoms with Crippen molar-refractivity contribution in [3.05, 3.63) is 0 Å². The van der Waals surface area contributed by atoms with E-state index in [2.05, 4.69) is 0 Å². The van der Waals surface area contributed by atoms with Gasteiger partial charge in [-0.25, -0.2) is 0 Å². The Hall–Kier alpha value is -0.530. The van der Waals surface area contributed by atoms with Gasteiger partial charge in [0.25, 0.3) is 0 Å². The summed E-state index contributed by atoms with van der Waals surface area (Å²) >= 11 is 0. The van der Waals surface area contributed by atoms with E-state index in [4.69, 9.17) is 4.74 Å². The van der Waals surface area contributed by atoms with Gasteiger partial charge in [0.2, 0.25) is 0 Å². The lowest BCUT2D eigenvalue weighted by atomic mass is 9.80. The number of rotatable bonds is 1. The van der Waals surface area contributed by atoms with Crippen molar-refractivity contribution >= 4 is 5.97 Å². The van der Waals surface area contributed by atoms with E-state index in [1.54, 1.807) is 0 Å². The Bertz CT molecular complexity index is 261. The highest BCUT2D eigenvalue weighted by atomic mass is 16.5. The maximum absolute atomic E-state index is 10.9. The van der Waals surface area contributed by atoms with Crippen LogP contribution >= 0.6 is 0 Å². The van der Waals surface area contributed by atoms with Gasteiger partial charge < -0.3 is 4.74 Å². The average Bonchev–Trinajstić information content (AvgIpc) is 2.68. The minimum absolute atomic E-state index is 0.0860. The van der Waals surface area contributed by atoms with Crippen LogP contribution in [0.4, 0.5) is 0 Å². The monoisotopic (exact) mass is 194 g/mol. The standard InChI is InChI=1S/C12H18O2/c1-7(13)14-12-6-8-5-11(12)10-4-2-3-9(8)10/h8-12H,2-6H2,1H3/t8?,9-,10-,11?,12-/m0/s1. The van der Waals surface area contributed by atoms with Gasteiger partial charge in [-0.1, -0.05) is 6.42 Å². The third-order valence-corrected chi connectivity index (χ3v) is 4.69. The van der Waals surface area contributed by atoms with Gasteiger partial charge in [0, 0.05) is 6.92 Å². The summed E-state index contributed by atoms with van der Waals surface area (Å²) in [5.41, 5.74) is 0. The zero-order valence-corrected chi connectivity index (χ0v) is 8.74. The van der Waals surface area contributed by atoms with Gasteiger partial charge in [-0.15, -0.1) is 0 Å². The number of esters is 1. The normalized spacial score (nSPS) is 49.4. The Kier molecular flexibility index (Phi) is 1.86. The fourth-order valence-corrected chi connectivity index (χ4v) is 4.35. The first-order valence-corrected chi connectivity index (χ1v) is 5.93. The van der Waals surface area contributed by atoms with Crippen LogP contribution in [0.1, 0.15) is 39.0 Å². The first-order valence-electron chi connectivity index (χ1n) is 5.93. The molecular weight excluding hydrogens is 176 g/mol. The van der Waals surface area contributed by atoms with Gasteiger partial charge in [-0.3, -0.25) is 4.79 Å². The summed E-state index contributed by atoms with van der Waals surface area (Å²) in [6, 6.07) is 0. The summed E-state index contributed by atoms with van der Waals surface area (Å²) in [7, 11) is 0. The van der Waals surface area contributed by atoms with Crippen LogP contribution in [-0.4, -0.2) is 12.1 Å². The molecule has 3 fully saturated rings. The summed E-state index contributed by atoms with van der Waals surface area (Å²) in [6.45, 7) is 1.54. The maximum Gasteiger partial charge on any atom is 0.302 e. The number of hydrogen-bond acceptors (Lipinski definition) is 2. The predicted octanol–water partition coefficient (Wildman–Crippen LogP) is 2.37. The number of hydrogen-bond donors (Lipinski definition) is 0. The summed E-state index contributed by atoms with van der Waals surface area (Å²) < 4.78 is 5.41. The first-order chi connectivity index (χ1) is 6.75. The molecule has 0 heterocycles. The molecule has 14 heavy (non-hydrogen) atoms. The molecule has 0 spiro atoms. The Morgan fingerprint density at radius 1 is 1.14 bits per heavy atom. The van der Waals surface area contributed by atoms with Crippen LogP contribution < -0.4 is 0 Å². The van der Waals surface area contributed by atoms with Crippen LogP contribution in [0.15, 0.2) is 0 Å². The maximum atomic E-state index is 10.9. The molecular formula is C12H18O2. The molecule has 0 N–H and O–H groups in total. The molecule has 2 bridgehead atoms. The zero-order valence-electron chi connectivity index (χ0n) is 8.74. The van der Waals surface area contributed by atoms with Gasteiger partial charge in [0.05, 0.1) is 0 Å². The lowest BCUT2D eigenvalue weighted by Crippen LogP contribution is -2.31. The van der Waals surface area contributed by atoms with Crippen LogP contribution in [0, 0.1) is 23.7 Å². The molecule has 2 heteroatoms. The number of carbonyl (C=O) groups excluding carboxylic acids is 1. The molecule has 0 aromatic carbocycles. The molecule has 2 nitrogen and oxygen atoms in total. The van der Waals surface area contributed by atoms with Crippen molar-refractivity contribution in [3.8, 4) is 0 Å². The highest BCUT2D eigenvalue weighted by molar-refractivity contribution is 5.66. The van der Waals surface area contributed by atoms with E-state index < -0.39 is 0 Å². The molecule has 0 aromatic rings. The summed E-state index contributed by atoms with van der Waals surface area (Å²) in [4.78, 5) is 10.9. The Morgan fingerprint density at radius 2 is 1.93 bits per heavy atom. The molecule has 2 unspecified atom stereocenters. The van der Waals surface area contributed by atoms with E-state index in [0.29, 0.717) is 0 Å². The molecule has 0 aliphatic heterocycles. The van der Waals surface area contributed by atoms with Gasteiger partial charge in [-0.2, -0.15) is 0 Å². The van der Waals surface area contributed by atoms with E-state index in [9.17, 15) is 4.79 Å². The lowest BCUT2D eigenvalue weighted by Gasteiger charge is -2.30. The predicted molar refractivity (Wildman–Crippen MR) is 52.6 cm³/mol. The van der Waals surface area contributed by atoms with Gasteiger partial charge in [0.1, 0.15) is 6.10 Å². The first kappa shape index (κ1) is 8.75. The summed E-state index contributed by atoms with van der Waals surface area (Å²) in [5, 5.41) is 0. The van der Waals surface area contributed by atoms with E-state index in [1.165, 1.54) is 32.6 Å². The van der Waals surface area contributed by atoms with Crippen molar-refractivity contribution in [2.45, 2.75) is 45.1 Å². The smallest absolute Gasteiger partial charge is 0.302 e. The zero-order chi connectivity index (χ0) is 9.71. The van der Waals surface area contributed by atoms with E-state index in [0.717, 1.165) is 30.1 Å². The second-order valence-corrected chi connectivity index (χ2v) is 5.30. The van der Waals surface area contributed by atoms with Crippen LogP contribution in [-0.2, 0) is 9.53 Å². The van der Waals surface area contributed by atoms with Gasteiger partial charge in [-0.05, 0) is 49.4 Å². The number of carbonyl (C=O) groups is 1. The topological polar surface area (TPSA) is 26.3 Å². The minimum Gasteiger partial charge on any atom is -0.462 e. The van der Waals surface area contributed by atoms with Crippen LogP contribution in [0.2, 0.25) is 0 Å². The van der Waals surface area contributed by atoms with Gasteiger partial charge >= 0.3 is 5.97 Å². The van der Waals surface area contributed by atoms with Crippen molar-refractivity contribution in [2.24, 2.45) is 23.7 Å². The molecule has 0 saturated heterocycles. The van der Waals surface area contributed by atoms with Crippen molar-refractivity contribution in [3.63, 3.8) is 0 Å². The molecule has 3 saturated carbocycles. The number of fused-ring (bicyclic) bond motifs is 5. The lowest BCUT2D eigenvalue weighted by molar-refractivity contribution is -0.150. The Morgan fingerprint density at radius 3 is 2.71 bits per heavy atom. The van der Waals surface area contributed by atoms with E-state index in [-0.39, 0.29) is 12.1 Å². The minimum atomic E-state index is -0.0860. The second kappa shape index (κ2) is 2.98. The highest BCUT2D eigenvalue weighted by Gasteiger charge is 2.54. The van der Waals surface area contributed by atoms with E-state index >= 15 is 0 Å².